The second-order valence-electron chi connectivity index (χ2n) is 5.46. The van der Waals surface area contributed by atoms with Crippen LogP contribution in [0.1, 0.15) is 51.1 Å². The van der Waals surface area contributed by atoms with Crippen molar-refractivity contribution in [2.24, 2.45) is 11.8 Å². The number of nitrogens with zero attached hydrogens (tertiary/aromatic N) is 1. The highest BCUT2D eigenvalue weighted by molar-refractivity contribution is 6.31. The summed E-state index contributed by atoms with van der Waals surface area (Å²) in [7, 11) is 0. The van der Waals surface area contributed by atoms with Gasteiger partial charge in [0.25, 0.3) is 0 Å². The summed E-state index contributed by atoms with van der Waals surface area (Å²) in [5.41, 5.74) is 1.22. The number of hydrogen-bond acceptors (Lipinski definition) is 2. The van der Waals surface area contributed by atoms with Gasteiger partial charge in [-0.1, -0.05) is 38.3 Å². The van der Waals surface area contributed by atoms with Crippen molar-refractivity contribution in [2.45, 2.75) is 45.6 Å². The number of nitrogens with one attached hydrogen (secondary N) is 1. The van der Waals surface area contributed by atoms with Gasteiger partial charge in [-0.3, -0.25) is 4.98 Å². The van der Waals surface area contributed by atoms with E-state index in [0.29, 0.717) is 12.0 Å². The SMILES string of the molecule is CCNC(c1ccncc1Cl)C1CCCC(C)C1. The van der Waals surface area contributed by atoms with E-state index in [9.17, 15) is 0 Å². The van der Waals surface area contributed by atoms with Crippen LogP contribution in [-0.2, 0) is 0 Å². The first-order chi connectivity index (χ1) is 8.72. The number of halogens is 1. The molecule has 1 fully saturated rings. The number of rotatable bonds is 4. The fraction of sp³-hybridized carbons (Fsp3) is 0.667. The third-order valence-corrected chi connectivity index (χ3v) is 4.33. The van der Waals surface area contributed by atoms with Crippen LogP contribution < -0.4 is 5.32 Å². The molecule has 0 amide bonds. The summed E-state index contributed by atoms with van der Waals surface area (Å²) in [6, 6.07) is 2.45. The van der Waals surface area contributed by atoms with Crippen LogP contribution in [0.25, 0.3) is 0 Å². The van der Waals surface area contributed by atoms with Crippen molar-refractivity contribution in [3.8, 4) is 0 Å². The van der Waals surface area contributed by atoms with E-state index in [1.807, 2.05) is 6.20 Å². The van der Waals surface area contributed by atoms with Crippen LogP contribution in [0, 0.1) is 11.8 Å². The normalized spacial score (nSPS) is 25.9. The minimum absolute atomic E-state index is 0.383. The monoisotopic (exact) mass is 266 g/mol. The molecule has 1 aromatic heterocycles. The summed E-state index contributed by atoms with van der Waals surface area (Å²) in [6.45, 7) is 5.51. The molecule has 0 saturated heterocycles. The van der Waals surface area contributed by atoms with E-state index in [0.717, 1.165) is 17.5 Å². The standard InChI is InChI=1S/C15H23ClN2/c1-3-18-15(12-6-4-5-11(2)9-12)13-7-8-17-10-14(13)16/h7-8,10-12,15,18H,3-6,9H2,1-2H3. The van der Waals surface area contributed by atoms with E-state index in [-0.39, 0.29) is 0 Å². The minimum Gasteiger partial charge on any atom is -0.310 e. The largest absolute Gasteiger partial charge is 0.310 e. The van der Waals surface area contributed by atoms with Gasteiger partial charge in [0.2, 0.25) is 0 Å². The van der Waals surface area contributed by atoms with E-state index in [2.05, 4.69) is 30.2 Å². The smallest absolute Gasteiger partial charge is 0.0637 e. The summed E-state index contributed by atoms with van der Waals surface area (Å²) in [5, 5.41) is 4.41. The fourth-order valence-corrected chi connectivity index (χ4v) is 3.41. The van der Waals surface area contributed by atoms with Crippen LogP contribution in [-0.4, -0.2) is 11.5 Å². The Balaban J connectivity index is 2.19. The average Bonchev–Trinajstić information content (AvgIpc) is 2.37. The Morgan fingerprint density at radius 3 is 3.00 bits per heavy atom. The zero-order chi connectivity index (χ0) is 13.0. The maximum Gasteiger partial charge on any atom is 0.0637 e. The molecule has 1 N–H and O–H groups in total. The van der Waals surface area contributed by atoms with Crippen molar-refractivity contribution in [3.63, 3.8) is 0 Å². The van der Waals surface area contributed by atoms with E-state index < -0.39 is 0 Å². The van der Waals surface area contributed by atoms with Crippen molar-refractivity contribution >= 4 is 11.6 Å². The predicted molar refractivity (Wildman–Crippen MR) is 76.8 cm³/mol. The second-order valence-corrected chi connectivity index (χ2v) is 5.87. The van der Waals surface area contributed by atoms with Gasteiger partial charge in [-0.15, -0.1) is 0 Å². The van der Waals surface area contributed by atoms with Gasteiger partial charge in [0.05, 0.1) is 5.02 Å². The first-order valence-corrected chi connectivity index (χ1v) is 7.43. The summed E-state index contributed by atoms with van der Waals surface area (Å²) in [5.74, 6) is 1.54. The first-order valence-electron chi connectivity index (χ1n) is 7.05. The van der Waals surface area contributed by atoms with Crippen LogP contribution in [0.4, 0.5) is 0 Å². The Hall–Kier alpha value is -0.600. The number of pyridine rings is 1. The van der Waals surface area contributed by atoms with Gasteiger partial charge < -0.3 is 5.32 Å². The Kier molecular flexibility index (Phi) is 5.02. The van der Waals surface area contributed by atoms with Crippen LogP contribution in [0.3, 0.4) is 0 Å². The highest BCUT2D eigenvalue weighted by Crippen LogP contribution is 2.38. The maximum atomic E-state index is 6.31. The van der Waals surface area contributed by atoms with Gasteiger partial charge in [0, 0.05) is 18.4 Å². The summed E-state index contributed by atoms with van der Waals surface area (Å²) < 4.78 is 0. The van der Waals surface area contributed by atoms with Crippen LogP contribution >= 0.6 is 11.6 Å². The molecule has 1 saturated carbocycles. The lowest BCUT2D eigenvalue weighted by atomic mass is 9.77. The number of hydrogen-bond donors (Lipinski definition) is 1. The average molecular weight is 267 g/mol. The van der Waals surface area contributed by atoms with Gasteiger partial charge in [0.15, 0.2) is 0 Å². The molecule has 1 aliphatic rings. The molecule has 0 bridgehead atoms. The lowest BCUT2D eigenvalue weighted by Gasteiger charge is -2.34. The molecule has 2 rings (SSSR count). The third-order valence-electron chi connectivity index (χ3n) is 4.01. The van der Waals surface area contributed by atoms with Crippen molar-refractivity contribution in [2.75, 3.05) is 6.54 Å². The third kappa shape index (κ3) is 3.24. The van der Waals surface area contributed by atoms with E-state index >= 15 is 0 Å². The van der Waals surface area contributed by atoms with Gasteiger partial charge in [0.1, 0.15) is 0 Å². The molecule has 3 atom stereocenters. The topological polar surface area (TPSA) is 24.9 Å². The van der Waals surface area contributed by atoms with Crippen molar-refractivity contribution in [1.82, 2.24) is 10.3 Å². The Labute approximate surface area is 115 Å². The zero-order valence-electron chi connectivity index (χ0n) is 11.3. The Morgan fingerprint density at radius 2 is 2.33 bits per heavy atom. The Bertz CT molecular complexity index is 381. The van der Waals surface area contributed by atoms with Crippen molar-refractivity contribution < 1.29 is 0 Å². The molecule has 100 valence electrons. The quantitative estimate of drug-likeness (QED) is 0.883. The van der Waals surface area contributed by atoms with Gasteiger partial charge in [-0.25, -0.2) is 0 Å². The summed E-state index contributed by atoms with van der Waals surface area (Å²) in [6.07, 6.45) is 8.93. The van der Waals surface area contributed by atoms with E-state index in [1.165, 1.54) is 31.2 Å². The lowest BCUT2D eigenvalue weighted by Crippen LogP contribution is -2.31. The first kappa shape index (κ1) is 13.8. The maximum absolute atomic E-state index is 6.31. The van der Waals surface area contributed by atoms with Crippen LogP contribution in [0.5, 0.6) is 0 Å². The fourth-order valence-electron chi connectivity index (χ4n) is 3.17. The Morgan fingerprint density at radius 1 is 1.50 bits per heavy atom. The molecular weight excluding hydrogens is 244 g/mol. The molecule has 0 spiro atoms. The molecule has 2 nitrogen and oxygen atoms in total. The molecule has 1 heterocycles. The molecule has 0 aliphatic heterocycles. The predicted octanol–water partition coefficient (Wildman–Crippen LogP) is 4.21. The zero-order valence-corrected chi connectivity index (χ0v) is 12.1. The molecule has 0 aromatic carbocycles. The minimum atomic E-state index is 0.383. The van der Waals surface area contributed by atoms with Gasteiger partial charge in [-0.05, 0) is 42.9 Å². The summed E-state index contributed by atoms with van der Waals surface area (Å²) >= 11 is 6.31. The molecule has 3 unspecified atom stereocenters. The highest BCUT2D eigenvalue weighted by atomic mass is 35.5. The van der Waals surface area contributed by atoms with Gasteiger partial charge in [-0.2, -0.15) is 0 Å². The molecule has 3 heteroatoms. The molecule has 0 radical (unpaired) electrons. The second kappa shape index (κ2) is 6.53. The van der Waals surface area contributed by atoms with Crippen molar-refractivity contribution in [3.05, 3.63) is 29.0 Å². The van der Waals surface area contributed by atoms with Crippen LogP contribution in [0.2, 0.25) is 5.02 Å². The molecule has 1 aromatic rings. The molecule has 1 aliphatic carbocycles. The molecule has 18 heavy (non-hydrogen) atoms. The number of aromatic nitrogens is 1. The summed E-state index contributed by atoms with van der Waals surface area (Å²) in [4.78, 5) is 4.09. The van der Waals surface area contributed by atoms with E-state index in [1.54, 1.807) is 6.20 Å². The van der Waals surface area contributed by atoms with E-state index in [4.69, 9.17) is 11.6 Å². The molecular formula is C15H23ClN2. The van der Waals surface area contributed by atoms with Gasteiger partial charge >= 0.3 is 0 Å². The van der Waals surface area contributed by atoms with Crippen LogP contribution in [0.15, 0.2) is 18.5 Å². The lowest BCUT2D eigenvalue weighted by molar-refractivity contribution is 0.225. The van der Waals surface area contributed by atoms with Crippen molar-refractivity contribution in [1.29, 1.82) is 0 Å². The highest BCUT2D eigenvalue weighted by Gasteiger charge is 2.28.